The van der Waals surface area contributed by atoms with Gasteiger partial charge in [0.2, 0.25) is 0 Å². The molecule has 0 bridgehead atoms. The standard InChI is InChI=1S/C19H19N3OS/c1-22(2)16-10-8-14(9-11-16)12-20-18(23)17-13-21-19(24-17)15-6-4-3-5-7-15/h3-11,13H,12H2,1-2H3,(H,20,23). The highest BCUT2D eigenvalue weighted by Gasteiger charge is 2.11. The fraction of sp³-hybridized carbons (Fsp3) is 0.158. The van der Waals surface area contributed by atoms with Gasteiger partial charge in [0.15, 0.2) is 0 Å². The molecular weight excluding hydrogens is 318 g/mol. The van der Waals surface area contributed by atoms with E-state index in [-0.39, 0.29) is 5.91 Å². The first-order chi connectivity index (χ1) is 11.6. The Balaban J connectivity index is 1.62. The normalized spacial score (nSPS) is 10.4. The molecule has 1 N–H and O–H groups in total. The van der Waals surface area contributed by atoms with Crippen molar-refractivity contribution in [1.29, 1.82) is 0 Å². The van der Waals surface area contributed by atoms with Crippen LogP contribution < -0.4 is 10.2 Å². The Morgan fingerprint density at radius 1 is 1.08 bits per heavy atom. The summed E-state index contributed by atoms with van der Waals surface area (Å²) >= 11 is 1.41. The van der Waals surface area contributed by atoms with Crippen LogP contribution in [0.3, 0.4) is 0 Å². The minimum absolute atomic E-state index is 0.0913. The van der Waals surface area contributed by atoms with Crippen LogP contribution in [0.1, 0.15) is 15.2 Å². The summed E-state index contributed by atoms with van der Waals surface area (Å²) in [6.07, 6.45) is 1.64. The number of nitrogens with one attached hydrogen (secondary N) is 1. The van der Waals surface area contributed by atoms with Crippen LogP contribution in [-0.2, 0) is 6.54 Å². The molecule has 3 rings (SSSR count). The fourth-order valence-electron chi connectivity index (χ4n) is 2.27. The van der Waals surface area contributed by atoms with Crippen molar-refractivity contribution in [3.63, 3.8) is 0 Å². The average Bonchev–Trinajstić information content (AvgIpc) is 3.11. The third kappa shape index (κ3) is 3.81. The third-order valence-corrected chi connectivity index (χ3v) is 4.70. The van der Waals surface area contributed by atoms with E-state index in [1.165, 1.54) is 11.3 Å². The zero-order valence-electron chi connectivity index (χ0n) is 13.7. The van der Waals surface area contributed by atoms with E-state index >= 15 is 0 Å². The number of thiazole rings is 1. The van der Waals surface area contributed by atoms with Gasteiger partial charge >= 0.3 is 0 Å². The first-order valence-electron chi connectivity index (χ1n) is 7.69. The molecule has 4 nitrogen and oxygen atoms in total. The highest BCUT2D eigenvalue weighted by molar-refractivity contribution is 7.16. The molecule has 1 aromatic heterocycles. The molecule has 0 aliphatic rings. The largest absolute Gasteiger partial charge is 0.378 e. The predicted octanol–water partition coefficient (Wildman–Crippen LogP) is 3.81. The molecule has 24 heavy (non-hydrogen) atoms. The van der Waals surface area contributed by atoms with Gasteiger partial charge in [-0.05, 0) is 17.7 Å². The topological polar surface area (TPSA) is 45.2 Å². The van der Waals surface area contributed by atoms with Crippen molar-refractivity contribution in [2.24, 2.45) is 0 Å². The lowest BCUT2D eigenvalue weighted by atomic mass is 10.2. The second-order valence-electron chi connectivity index (χ2n) is 5.64. The Bertz CT molecular complexity index is 810. The van der Waals surface area contributed by atoms with Gasteiger partial charge in [-0.15, -0.1) is 11.3 Å². The van der Waals surface area contributed by atoms with E-state index in [1.54, 1.807) is 6.20 Å². The van der Waals surface area contributed by atoms with Crippen LogP contribution in [0, 0.1) is 0 Å². The number of nitrogens with zero attached hydrogens (tertiary/aromatic N) is 2. The summed E-state index contributed by atoms with van der Waals surface area (Å²) in [6, 6.07) is 18.0. The molecular formula is C19H19N3OS. The van der Waals surface area contributed by atoms with Crippen LogP contribution >= 0.6 is 11.3 Å². The van der Waals surface area contributed by atoms with Crippen molar-refractivity contribution in [2.75, 3.05) is 19.0 Å². The second kappa shape index (κ2) is 7.27. The first kappa shape index (κ1) is 16.2. The average molecular weight is 337 g/mol. The second-order valence-corrected chi connectivity index (χ2v) is 6.67. The quantitative estimate of drug-likeness (QED) is 0.770. The lowest BCUT2D eigenvalue weighted by Crippen LogP contribution is -2.21. The monoisotopic (exact) mass is 337 g/mol. The Morgan fingerprint density at radius 2 is 1.79 bits per heavy atom. The van der Waals surface area contributed by atoms with Crippen LogP contribution in [-0.4, -0.2) is 25.0 Å². The van der Waals surface area contributed by atoms with Gasteiger partial charge in [0.1, 0.15) is 9.88 Å². The summed E-state index contributed by atoms with van der Waals surface area (Å²) in [6.45, 7) is 0.505. The van der Waals surface area contributed by atoms with Crippen LogP contribution in [0.5, 0.6) is 0 Å². The molecule has 0 aliphatic carbocycles. The van der Waals surface area contributed by atoms with Gasteiger partial charge in [-0.1, -0.05) is 42.5 Å². The van der Waals surface area contributed by atoms with Gasteiger partial charge < -0.3 is 10.2 Å². The maximum atomic E-state index is 12.3. The van der Waals surface area contributed by atoms with Gasteiger partial charge in [-0.3, -0.25) is 4.79 Å². The molecule has 1 heterocycles. The maximum absolute atomic E-state index is 12.3. The van der Waals surface area contributed by atoms with Gasteiger partial charge in [-0.2, -0.15) is 0 Å². The highest BCUT2D eigenvalue weighted by Crippen LogP contribution is 2.24. The summed E-state index contributed by atoms with van der Waals surface area (Å²) in [5, 5.41) is 3.80. The van der Waals surface area contributed by atoms with Gasteiger partial charge in [-0.25, -0.2) is 4.98 Å². The molecule has 0 unspecified atom stereocenters. The molecule has 1 amide bonds. The molecule has 0 saturated carbocycles. The number of amides is 1. The zero-order chi connectivity index (χ0) is 16.9. The summed E-state index contributed by atoms with van der Waals surface area (Å²) in [7, 11) is 4.01. The van der Waals surface area contributed by atoms with Crippen molar-refractivity contribution >= 4 is 22.9 Å². The first-order valence-corrected chi connectivity index (χ1v) is 8.51. The number of rotatable bonds is 5. The van der Waals surface area contributed by atoms with E-state index in [1.807, 2.05) is 73.6 Å². The number of hydrogen-bond donors (Lipinski definition) is 1. The van der Waals surface area contributed by atoms with Crippen molar-refractivity contribution in [3.05, 3.63) is 71.2 Å². The molecule has 0 aliphatic heterocycles. The van der Waals surface area contributed by atoms with Crippen LogP contribution in [0.25, 0.3) is 10.6 Å². The smallest absolute Gasteiger partial charge is 0.263 e. The van der Waals surface area contributed by atoms with Crippen LogP contribution in [0.2, 0.25) is 0 Å². The minimum Gasteiger partial charge on any atom is -0.378 e. The number of aromatic nitrogens is 1. The van der Waals surface area contributed by atoms with Crippen molar-refractivity contribution in [2.45, 2.75) is 6.54 Å². The third-order valence-electron chi connectivity index (χ3n) is 3.66. The summed E-state index contributed by atoms with van der Waals surface area (Å²) in [5.41, 5.74) is 3.24. The SMILES string of the molecule is CN(C)c1ccc(CNC(=O)c2cnc(-c3ccccc3)s2)cc1. The zero-order valence-corrected chi connectivity index (χ0v) is 14.5. The minimum atomic E-state index is -0.0913. The number of carbonyl (C=O) groups is 1. The Morgan fingerprint density at radius 3 is 2.46 bits per heavy atom. The van der Waals surface area contributed by atoms with E-state index < -0.39 is 0 Å². The van der Waals surface area contributed by atoms with Gasteiger partial charge in [0.05, 0.1) is 6.20 Å². The molecule has 0 atom stereocenters. The molecule has 0 saturated heterocycles. The fourth-order valence-corrected chi connectivity index (χ4v) is 3.11. The lowest BCUT2D eigenvalue weighted by Gasteiger charge is -2.12. The number of carbonyl (C=O) groups excluding carboxylic acids is 1. The molecule has 0 radical (unpaired) electrons. The Kier molecular flexibility index (Phi) is 4.91. The van der Waals surface area contributed by atoms with E-state index in [0.717, 1.165) is 21.8 Å². The summed E-state index contributed by atoms with van der Waals surface area (Å²) in [5.74, 6) is -0.0913. The van der Waals surface area contributed by atoms with Gasteiger partial charge in [0, 0.05) is 31.9 Å². The number of hydrogen-bond acceptors (Lipinski definition) is 4. The van der Waals surface area contributed by atoms with E-state index in [9.17, 15) is 4.79 Å². The Hall–Kier alpha value is -2.66. The van der Waals surface area contributed by atoms with E-state index in [0.29, 0.717) is 11.4 Å². The summed E-state index contributed by atoms with van der Waals surface area (Å²) in [4.78, 5) is 19.3. The van der Waals surface area contributed by atoms with E-state index in [4.69, 9.17) is 0 Å². The Labute approximate surface area is 145 Å². The van der Waals surface area contributed by atoms with Crippen molar-refractivity contribution < 1.29 is 4.79 Å². The molecule has 122 valence electrons. The number of benzene rings is 2. The van der Waals surface area contributed by atoms with Crippen molar-refractivity contribution in [3.8, 4) is 10.6 Å². The molecule has 2 aromatic carbocycles. The summed E-state index contributed by atoms with van der Waals surface area (Å²) < 4.78 is 0. The predicted molar refractivity (Wildman–Crippen MR) is 99.5 cm³/mol. The van der Waals surface area contributed by atoms with Crippen molar-refractivity contribution in [1.82, 2.24) is 10.3 Å². The molecule has 3 aromatic rings. The lowest BCUT2D eigenvalue weighted by molar-refractivity contribution is 0.0955. The van der Waals surface area contributed by atoms with Gasteiger partial charge in [0.25, 0.3) is 5.91 Å². The van der Waals surface area contributed by atoms with Crippen LogP contribution in [0.15, 0.2) is 60.8 Å². The maximum Gasteiger partial charge on any atom is 0.263 e. The molecule has 0 fully saturated rings. The van der Waals surface area contributed by atoms with E-state index in [2.05, 4.69) is 10.3 Å². The number of anilines is 1. The molecule has 5 heteroatoms. The van der Waals surface area contributed by atoms with Crippen LogP contribution in [0.4, 0.5) is 5.69 Å². The molecule has 0 spiro atoms. The highest BCUT2D eigenvalue weighted by atomic mass is 32.1.